The summed E-state index contributed by atoms with van der Waals surface area (Å²) in [5, 5.41) is 24.1. The lowest BCUT2D eigenvalue weighted by molar-refractivity contribution is -0.124. The maximum absolute atomic E-state index is 13.2. The van der Waals surface area contributed by atoms with Crippen molar-refractivity contribution in [3.05, 3.63) is 41.4 Å². The number of amides is 1. The molecule has 3 aliphatic rings. The van der Waals surface area contributed by atoms with Gasteiger partial charge in [-0.15, -0.1) is 0 Å². The third-order valence-corrected chi connectivity index (χ3v) is 9.60. The molecule has 1 spiro atoms. The number of amidine groups is 1. The number of aliphatic hydroxyl groups is 2. The van der Waals surface area contributed by atoms with Crippen LogP contribution in [0.5, 0.6) is 0 Å². The van der Waals surface area contributed by atoms with Gasteiger partial charge < -0.3 is 20.1 Å². The number of rotatable bonds is 7. The van der Waals surface area contributed by atoms with Gasteiger partial charge in [0.05, 0.1) is 19.3 Å². The number of hydrogen-bond donors (Lipinski definition) is 3. The number of nitrogens with zero attached hydrogens (tertiary/aromatic N) is 3. The summed E-state index contributed by atoms with van der Waals surface area (Å²) in [5.41, 5.74) is 0.756. The average Bonchev–Trinajstić information content (AvgIpc) is 3.30. The van der Waals surface area contributed by atoms with Crippen LogP contribution in [0.2, 0.25) is 0 Å². The fourth-order valence-electron chi connectivity index (χ4n) is 5.82. The number of aromatic nitrogens is 1. The topological polar surface area (TPSA) is 124 Å². The molecule has 37 heavy (non-hydrogen) atoms. The molecule has 2 fully saturated rings. The van der Waals surface area contributed by atoms with Gasteiger partial charge in [0.2, 0.25) is 10.0 Å². The first-order valence-corrected chi connectivity index (χ1v) is 14.8. The molecule has 0 radical (unpaired) electrons. The first-order valence-electron chi connectivity index (χ1n) is 13.3. The number of aliphatic imine (C=N–C) groups is 1. The van der Waals surface area contributed by atoms with E-state index in [-0.39, 0.29) is 32.1 Å². The molecule has 0 unspecified atom stereocenters. The van der Waals surface area contributed by atoms with Crippen molar-refractivity contribution in [2.24, 2.45) is 10.9 Å². The van der Waals surface area contributed by atoms with Gasteiger partial charge >= 0.3 is 0 Å². The summed E-state index contributed by atoms with van der Waals surface area (Å²) in [6, 6.07) is 7.45. The molecule has 10 heteroatoms. The van der Waals surface area contributed by atoms with E-state index in [0.29, 0.717) is 18.8 Å². The van der Waals surface area contributed by atoms with E-state index < -0.39 is 21.7 Å². The lowest BCUT2D eigenvalue weighted by Crippen LogP contribution is -2.50. The maximum atomic E-state index is 13.2. The number of aliphatic hydroxyl groups excluding tert-OH is 2. The van der Waals surface area contributed by atoms with Crippen LogP contribution in [-0.2, 0) is 21.4 Å². The van der Waals surface area contributed by atoms with Gasteiger partial charge in [0.15, 0.2) is 0 Å². The molecule has 2 aliphatic heterocycles. The number of fused-ring (bicyclic) bond motifs is 1. The molecule has 1 saturated carbocycles. The van der Waals surface area contributed by atoms with Gasteiger partial charge in [0, 0.05) is 41.5 Å². The summed E-state index contributed by atoms with van der Waals surface area (Å²) in [7, 11) is -3.68. The molecule has 1 aromatic heterocycles. The summed E-state index contributed by atoms with van der Waals surface area (Å²) in [6.07, 6.45) is 10.2. The Morgan fingerprint density at radius 1 is 1.14 bits per heavy atom. The molecule has 9 nitrogen and oxygen atoms in total. The molecule has 2 aromatic rings. The maximum Gasteiger partial charge on any atom is 0.253 e. The van der Waals surface area contributed by atoms with Crippen LogP contribution in [0.15, 0.2) is 40.9 Å². The SMILES string of the molecule is O=C1NC(C2CCCCCC2)=NC12CCN(S(=O)(=O)C=Cc1cccc3c1ccn3C[C@H](O)CO)CC2. The van der Waals surface area contributed by atoms with Crippen molar-refractivity contribution in [3.8, 4) is 0 Å². The van der Waals surface area contributed by atoms with Crippen LogP contribution in [0.3, 0.4) is 0 Å². The summed E-state index contributed by atoms with van der Waals surface area (Å²) >= 11 is 0. The van der Waals surface area contributed by atoms with Gasteiger partial charge in [0.1, 0.15) is 11.4 Å². The zero-order valence-corrected chi connectivity index (χ0v) is 21.9. The first kappa shape index (κ1) is 26.1. The van der Waals surface area contributed by atoms with Gasteiger partial charge in [-0.2, -0.15) is 4.31 Å². The molecule has 1 atom stereocenters. The van der Waals surface area contributed by atoms with Crippen LogP contribution in [-0.4, -0.2) is 70.6 Å². The second-order valence-electron chi connectivity index (χ2n) is 10.5. The predicted octanol–water partition coefficient (Wildman–Crippen LogP) is 2.63. The summed E-state index contributed by atoms with van der Waals surface area (Å²) < 4.78 is 29.6. The van der Waals surface area contributed by atoms with Gasteiger partial charge in [-0.1, -0.05) is 37.8 Å². The smallest absolute Gasteiger partial charge is 0.253 e. The van der Waals surface area contributed by atoms with Crippen molar-refractivity contribution < 1.29 is 23.4 Å². The lowest BCUT2D eigenvalue weighted by Gasteiger charge is -2.34. The standard InChI is InChI=1S/C27H36N4O5S/c32-19-22(33)18-30-14-10-23-20(8-5-9-24(23)30)11-17-37(35,36)31-15-12-27(13-16-31)26(34)28-25(29-27)21-6-3-1-2-4-7-21/h5,8-11,14,17,21-22,32-33H,1-4,6-7,12-13,15-16,18-19H2,(H,28,29,34)/t22-/m0/s1. The zero-order chi connectivity index (χ0) is 26.0. The van der Waals surface area contributed by atoms with Crippen LogP contribution in [0.1, 0.15) is 56.9 Å². The number of sulfonamides is 1. The minimum absolute atomic E-state index is 0.0816. The van der Waals surface area contributed by atoms with Gasteiger partial charge in [-0.3, -0.25) is 9.79 Å². The Hall–Kier alpha value is -2.53. The van der Waals surface area contributed by atoms with E-state index >= 15 is 0 Å². The molecule has 1 aromatic carbocycles. The minimum Gasteiger partial charge on any atom is -0.394 e. The number of nitrogens with one attached hydrogen (secondary N) is 1. The third-order valence-electron chi connectivity index (χ3n) is 8.04. The van der Waals surface area contributed by atoms with Crippen LogP contribution >= 0.6 is 0 Å². The third kappa shape index (κ3) is 5.38. The molecular formula is C27H36N4O5S. The molecular weight excluding hydrogens is 492 g/mol. The van der Waals surface area contributed by atoms with Crippen molar-refractivity contribution in [2.75, 3.05) is 19.7 Å². The van der Waals surface area contributed by atoms with Crippen molar-refractivity contribution in [1.82, 2.24) is 14.2 Å². The predicted molar refractivity (Wildman–Crippen MR) is 143 cm³/mol. The Labute approximate surface area is 217 Å². The average molecular weight is 529 g/mol. The Morgan fingerprint density at radius 2 is 1.86 bits per heavy atom. The molecule has 0 bridgehead atoms. The van der Waals surface area contributed by atoms with Crippen molar-refractivity contribution in [3.63, 3.8) is 0 Å². The number of hydrogen-bond acceptors (Lipinski definition) is 6. The monoisotopic (exact) mass is 528 g/mol. The highest BCUT2D eigenvalue weighted by Crippen LogP contribution is 2.34. The summed E-state index contributed by atoms with van der Waals surface area (Å²) in [4.78, 5) is 17.8. The highest BCUT2D eigenvalue weighted by atomic mass is 32.2. The number of carbonyl (C=O) groups is 1. The quantitative estimate of drug-likeness (QED) is 0.477. The van der Waals surface area contributed by atoms with E-state index in [0.717, 1.165) is 48.0 Å². The fourth-order valence-corrected chi connectivity index (χ4v) is 7.00. The molecule has 1 amide bonds. The largest absolute Gasteiger partial charge is 0.394 e. The minimum atomic E-state index is -3.68. The van der Waals surface area contributed by atoms with E-state index in [9.17, 15) is 18.3 Å². The number of carbonyl (C=O) groups excluding carboxylic acids is 1. The highest BCUT2D eigenvalue weighted by Gasteiger charge is 2.48. The molecule has 3 heterocycles. The van der Waals surface area contributed by atoms with Crippen molar-refractivity contribution in [1.29, 1.82) is 0 Å². The Morgan fingerprint density at radius 3 is 2.57 bits per heavy atom. The number of benzene rings is 1. The van der Waals surface area contributed by atoms with Crippen LogP contribution in [0.4, 0.5) is 0 Å². The molecule has 1 aliphatic carbocycles. The van der Waals surface area contributed by atoms with E-state index in [2.05, 4.69) is 5.32 Å². The van der Waals surface area contributed by atoms with Crippen LogP contribution < -0.4 is 5.32 Å². The molecule has 3 N–H and O–H groups in total. The van der Waals surface area contributed by atoms with Crippen molar-refractivity contribution in [2.45, 2.75) is 69.6 Å². The first-order chi connectivity index (χ1) is 17.8. The Bertz CT molecular complexity index is 1300. The second kappa shape index (κ2) is 10.7. The van der Waals surface area contributed by atoms with Gasteiger partial charge in [-0.25, -0.2) is 8.42 Å². The molecule has 5 rings (SSSR count). The Balaban J connectivity index is 1.27. The van der Waals surface area contributed by atoms with E-state index in [4.69, 9.17) is 10.1 Å². The van der Waals surface area contributed by atoms with E-state index in [1.54, 1.807) is 6.08 Å². The lowest BCUT2D eigenvalue weighted by atomic mass is 9.89. The second-order valence-corrected chi connectivity index (χ2v) is 12.3. The van der Waals surface area contributed by atoms with Gasteiger partial charge in [-0.05, 0) is 49.5 Å². The highest BCUT2D eigenvalue weighted by molar-refractivity contribution is 7.92. The van der Waals surface area contributed by atoms with Crippen LogP contribution in [0.25, 0.3) is 17.0 Å². The van der Waals surface area contributed by atoms with Crippen LogP contribution in [0, 0.1) is 5.92 Å². The van der Waals surface area contributed by atoms with Crippen molar-refractivity contribution >= 4 is 38.7 Å². The summed E-state index contributed by atoms with van der Waals surface area (Å²) in [6.45, 7) is 0.422. The van der Waals surface area contributed by atoms with Gasteiger partial charge in [0.25, 0.3) is 5.91 Å². The normalized spacial score (nSPS) is 22.4. The van der Waals surface area contributed by atoms with E-state index in [1.807, 2.05) is 35.0 Å². The summed E-state index contributed by atoms with van der Waals surface area (Å²) in [5.74, 6) is 1.04. The van der Waals surface area contributed by atoms with E-state index in [1.165, 1.54) is 22.6 Å². The fraction of sp³-hybridized carbons (Fsp3) is 0.556. The molecule has 1 saturated heterocycles. The molecule has 200 valence electrons. The Kier molecular flexibility index (Phi) is 7.53. The number of piperidine rings is 1. The zero-order valence-electron chi connectivity index (χ0n) is 21.1.